The van der Waals surface area contributed by atoms with E-state index in [1.54, 1.807) is 0 Å². The lowest BCUT2D eigenvalue weighted by Gasteiger charge is -2.39. The molecule has 0 aliphatic rings. The van der Waals surface area contributed by atoms with E-state index in [0.29, 0.717) is 5.92 Å². The van der Waals surface area contributed by atoms with Gasteiger partial charge in [0.25, 0.3) is 0 Å². The number of nitrogens with zero attached hydrogens (tertiary/aromatic N) is 1. The molecule has 1 atom stereocenters. The van der Waals surface area contributed by atoms with E-state index in [1.807, 2.05) is 20.8 Å². The normalized spacial score (nSPS) is 14.9. The van der Waals surface area contributed by atoms with Gasteiger partial charge in [0.05, 0.1) is 6.04 Å². The smallest absolute Gasteiger partial charge is 0.0628 e. The second-order valence-corrected chi connectivity index (χ2v) is 8.08. The second kappa shape index (κ2) is 5.87. The lowest BCUT2D eigenvalue weighted by Crippen LogP contribution is -2.43. The van der Waals surface area contributed by atoms with Crippen molar-refractivity contribution in [3.8, 4) is 0 Å². The van der Waals surface area contributed by atoms with Crippen LogP contribution >= 0.6 is 0 Å². The third-order valence-electron chi connectivity index (χ3n) is 3.70. The van der Waals surface area contributed by atoms with Crippen molar-refractivity contribution in [2.75, 3.05) is 0 Å². The van der Waals surface area contributed by atoms with Crippen molar-refractivity contribution in [3.63, 3.8) is 0 Å². The molecule has 0 fully saturated rings. The van der Waals surface area contributed by atoms with Crippen LogP contribution in [0.4, 0.5) is 0 Å². The first-order valence-corrected chi connectivity index (χ1v) is 7.53. The van der Waals surface area contributed by atoms with Gasteiger partial charge in [0, 0.05) is 5.54 Å². The zero-order chi connectivity index (χ0) is 15.7. The van der Waals surface area contributed by atoms with E-state index >= 15 is 0 Å². The van der Waals surface area contributed by atoms with Crippen LogP contribution in [-0.2, 0) is 5.41 Å². The van der Waals surface area contributed by atoms with Crippen LogP contribution in [0, 0.1) is 5.92 Å². The quantitative estimate of drug-likeness (QED) is 0.770. The van der Waals surface area contributed by atoms with Gasteiger partial charge in [0.2, 0.25) is 0 Å². The predicted molar refractivity (Wildman–Crippen MR) is 86.1 cm³/mol. The van der Waals surface area contributed by atoms with Gasteiger partial charge in [-0.15, -0.1) is 0 Å². The SMILES string of the molecule is CC(C)C(c1ccc(C(C)(C)C)cc1)N(O)C(C)(C)C. The summed E-state index contributed by atoms with van der Waals surface area (Å²) in [6.07, 6.45) is 0. The van der Waals surface area contributed by atoms with E-state index in [0.717, 1.165) is 0 Å². The molecular weight excluding hydrogens is 246 g/mol. The van der Waals surface area contributed by atoms with Crippen molar-refractivity contribution in [3.05, 3.63) is 35.4 Å². The molecule has 1 N–H and O–H groups in total. The van der Waals surface area contributed by atoms with E-state index in [9.17, 15) is 5.21 Å². The van der Waals surface area contributed by atoms with E-state index in [-0.39, 0.29) is 17.0 Å². The zero-order valence-corrected chi connectivity index (χ0v) is 14.4. The predicted octanol–water partition coefficient (Wildman–Crippen LogP) is 5.17. The maximum absolute atomic E-state index is 10.5. The minimum absolute atomic E-state index is 0.0176. The number of rotatable bonds is 3. The van der Waals surface area contributed by atoms with Crippen LogP contribution in [-0.4, -0.2) is 15.8 Å². The average molecular weight is 277 g/mol. The molecule has 2 heteroatoms. The molecule has 1 unspecified atom stereocenters. The Morgan fingerprint density at radius 1 is 0.900 bits per heavy atom. The minimum Gasteiger partial charge on any atom is -0.313 e. The van der Waals surface area contributed by atoms with Crippen molar-refractivity contribution < 1.29 is 5.21 Å². The molecule has 1 aromatic carbocycles. The highest BCUT2D eigenvalue weighted by atomic mass is 16.5. The number of hydrogen-bond donors (Lipinski definition) is 1. The van der Waals surface area contributed by atoms with Crippen molar-refractivity contribution >= 4 is 0 Å². The van der Waals surface area contributed by atoms with Gasteiger partial charge in [0.1, 0.15) is 0 Å². The summed E-state index contributed by atoms with van der Waals surface area (Å²) in [5.41, 5.74) is 2.39. The highest BCUT2D eigenvalue weighted by molar-refractivity contribution is 5.29. The third kappa shape index (κ3) is 4.07. The van der Waals surface area contributed by atoms with Gasteiger partial charge in [-0.05, 0) is 43.2 Å². The maximum atomic E-state index is 10.5. The van der Waals surface area contributed by atoms with Gasteiger partial charge in [-0.3, -0.25) is 0 Å². The minimum atomic E-state index is -0.266. The third-order valence-corrected chi connectivity index (χ3v) is 3.70. The highest BCUT2D eigenvalue weighted by Crippen LogP contribution is 2.33. The molecule has 2 nitrogen and oxygen atoms in total. The molecule has 0 radical (unpaired) electrons. The first-order valence-electron chi connectivity index (χ1n) is 7.53. The highest BCUT2D eigenvalue weighted by Gasteiger charge is 2.31. The topological polar surface area (TPSA) is 23.5 Å². The van der Waals surface area contributed by atoms with Crippen molar-refractivity contribution in [2.24, 2.45) is 5.92 Å². The van der Waals surface area contributed by atoms with Crippen LogP contribution in [0.25, 0.3) is 0 Å². The molecule has 0 amide bonds. The van der Waals surface area contributed by atoms with Gasteiger partial charge in [-0.2, -0.15) is 5.06 Å². The summed E-state index contributed by atoms with van der Waals surface area (Å²) in [7, 11) is 0. The number of benzene rings is 1. The Bertz CT molecular complexity index is 420. The molecule has 0 saturated carbocycles. The summed E-state index contributed by atoms with van der Waals surface area (Å²) >= 11 is 0. The Kier molecular flexibility index (Phi) is 5.04. The molecule has 1 aromatic rings. The monoisotopic (exact) mass is 277 g/mol. The fourth-order valence-electron chi connectivity index (χ4n) is 2.41. The van der Waals surface area contributed by atoms with Gasteiger partial charge in [-0.1, -0.05) is 58.9 Å². The summed E-state index contributed by atoms with van der Waals surface area (Å²) < 4.78 is 0. The summed E-state index contributed by atoms with van der Waals surface area (Å²) in [4.78, 5) is 0. The van der Waals surface area contributed by atoms with Crippen LogP contribution in [0.3, 0.4) is 0 Å². The second-order valence-electron chi connectivity index (χ2n) is 8.08. The fraction of sp³-hybridized carbons (Fsp3) is 0.667. The Balaban J connectivity index is 3.12. The Morgan fingerprint density at radius 2 is 1.35 bits per heavy atom. The van der Waals surface area contributed by atoms with Crippen molar-refractivity contribution in [1.82, 2.24) is 5.06 Å². The average Bonchev–Trinajstić information content (AvgIpc) is 2.26. The maximum Gasteiger partial charge on any atom is 0.0628 e. The Hall–Kier alpha value is -0.860. The first kappa shape index (κ1) is 17.2. The van der Waals surface area contributed by atoms with Crippen LogP contribution in [0.15, 0.2) is 24.3 Å². The van der Waals surface area contributed by atoms with Crippen LogP contribution in [0.2, 0.25) is 0 Å². The van der Waals surface area contributed by atoms with E-state index in [1.165, 1.54) is 16.2 Å². The van der Waals surface area contributed by atoms with Crippen LogP contribution in [0.5, 0.6) is 0 Å². The number of hydroxylamine groups is 2. The molecule has 0 aliphatic carbocycles. The molecule has 0 aliphatic heterocycles. The standard InChI is InChI=1S/C18H31NO/c1-13(2)16(19(20)18(6,7)8)14-9-11-15(12-10-14)17(3,4)5/h9-13,16,20H,1-8H3. The molecule has 114 valence electrons. The zero-order valence-electron chi connectivity index (χ0n) is 14.4. The molecule has 0 heterocycles. The largest absolute Gasteiger partial charge is 0.313 e. The molecule has 1 rings (SSSR count). The van der Waals surface area contributed by atoms with E-state index in [2.05, 4.69) is 58.9 Å². The molecular formula is C18H31NO. The fourth-order valence-corrected chi connectivity index (χ4v) is 2.41. The van der Waals surface area contributed by atoms with Crippen molar-refractivity contribution in [2.45, 2.75) is 72.4 Å². The van der Waals surface area contributed by atoms with E-state index < -0.39 is 0 Å². The lowest BCUT2D eigenvalue weighted by atomic mass is 9.85. The van der Waals surface area contributed by atoms with Gasteiger partial charge in [0.15, 0.2) is 0 Å². The summed E-state index contributed by atoms with van der Waals surface area (Å²) in [5.74, 6) is 0.347. The summed E-state index contributed by atoms with van der Waals surface area (Å²) in [5, 5.41) is 12.0. The molecule has 0 aromatic heterocycles. The molecule has 0 saturated heterocycles. The van der Waals surface area contributed by atoms with Crippen LogP contribution in [0.1, 0.15) is 72.6 Å². The first-order chi connectivity index (χ1) is 8.94. The Morgan fingerprint density at radius 3 is 1.65 bits per heavy atom. The molecule has 0 spiro atoms. The van der Waals surface area contributed by atoms with Crippen LogP contribution < -0.4 is 0 Å². The number of hydrogen-bond acceptors (Lipinski definition) is 2. The summed E-state index contributed by atoms with van der Waals surface area (Å²) in [6.45, 7) is 17.1. The van der Waals surface area contributed by atoms with E-state index in [4.69, 9.17) is 0 Å². The van der Waals surface area contributed by atoms with Gasteiger partial charge >= 0.3 is 0 Å². The lowest BCUT2D eigenvalue weighted by molar-refractivity contribution is -0.199. The summed E-state index contributed by atoms with van der Waals surface area (Å²) in [6, 6.07) is 8.69. The van der Waals surface area contributed by atoms with Gasteiger partial charge < -0.3 is 5.21 Å². The van der Waals surface area contributed by atoms with Crippen molar-refractivity contribution in [1.29, 1.82) is 0 Å². The Labute approximate surface area is 124 Å². The molecule has 20 heavy (non-hydrogen) atoms. The van der Waals surface area contributed by atoms with Gasteiger partial charge in [-0.25, -0.2) is 0 Å². The molecule has 0 bridgehead atoms.